The summed E-state index contributed by atoms with van der Waals surface area (Å²) in [5.41, 5.74) is 5.60. The first-order valence-corrected chi connectivity index (χ1v) is 6.42. The van der Waals surface area contributed by atoms with Crippen LogP contribution in [-0.4, -0.2) is 48.6 Å². The van der Waals surface area contributed by atoms with Crippen LogP contribution in [-0.2, 0) is 0 Å². The Balaban J connectivity index is 2.60. The first-order valence-electron chi connectivity index (χ1n) is 6.42. The van der Waals surface area contributed by atoms with Crippen LogP contribution in [0.2, 0.25) is 0 Å². The van der Waals surface area contributed by atoms with Crippen LogP contribution in [0, 0.1) is 0 Å². The zero-order valence-electron chi connectivity index (χ0n) is 10.6. The minimum atomic E-state index is 0.139. The highest BCUT2D eigenvalue weighted by Crippen LogP contribution is 2.23. The van der Waals surface area contributed by atoms with Gasteiger partial charge in [-0.1, -0.05) is 19.3 Å². The molecule has 2 N–H and O–H groups in total. The Morgan fingerprint density at radius 2 is 1.94 bits per heavy atom. The second kappa shape index (κ2) is 6.74. The van der Waals surface area contributed by atoms with Crippen molar-refractivity contribution in [3.8, 4) is 0 Å². The summed E-state index contributed by atoms with van der Waals surface area (Å²) in [6, 6.07) is 0.554. The van der Waals surface area contributed by atoms with Crippen molar-refractivity contribution in [3.63, 3.8) is 0 Å². The molecule has 0 unspecified atom stereocenters. The van der Waals surface area contributed by atoms with Crippen molar-refractivity contribution >= 4 is 6.03 Å². The van der Waals surface area contributed by atoms with Crippen molar-refractivity contribution in [2.45, 2.75) is 45.1 Å². The summed E-state index contributed by atoms with van der Waals surface area (Å²) in [7, 11) is 1.86. The van der Waals surface area contributed by atoms with E-state index in [1.54, 1.807) is 4.90 Å². The van der Waals surface area contributed by atoms with E-state index in [4.69, 9.17) is 5.73 Å². The monoisotopic (exact) mass is 227 g/mol. The number of rotatable bonds is 4. The van der Waals surface area contributed by atoms with Gasteiger partial charge in [0.2, 0.25) is 0 Å². The highest BCUT2D eigenvalue weighted by molar-refractivity contribution is 5.74. The van der Waals surface area contributed by atoms with Gasteiger partial charge in [-0.2, -0.15) is 0 Å². The quantitative estimate of drug-likeness (QED) is 0.794. The molecule has 0 aromatic heterocycles. The summed E-state index contributed by atoms with van der Waals surface area (Å²) >= 11 is 0. The lowest BCUT2D eigenvalue weighted by Gasteiger charge is -2.36. The van der Waals surface area contributed by atoms with E-state index in [2.05, 4.69) is 0 Å². The molecule has 1 rings (SSSR count). The van der Waals surface area contributed by atoms with Gasteiger partial charge in [-0.3, -0.25) is 0 Å². The van der Waals surface area contributed by atoms with Gasteiger partial charge in [-0.25, -0.2) is 4.79 Å². The molecule has 1 aliphatic carbocycles. The molecule has 0 spiro atoms. The zero-order valence-corrected chi connectivity index (χ0v) is 10.6. The maximum absolute atomic E-state index is 12.2. The van der Waals surface area contributed by atoms with Gasteiger partial charge in [0.15, 0.2) is 0 Å². The van der Waals surface area contributed by atoms with E-state index < -0.39 is 0 Å². The summed E-state index contributed by atoms with van der Waals surface area (Å²) in [4.78, 5) is 15.9. The fourth-order valence-corrected chi connectivity index (χ4v) is 2.32. The third-order valence-electron chi connectivity index (χ3n) is 3.43. The maximum Gasteiger partial charge on any atom is 0.320 e. The molecule has 0 radical (unpaired) electrons. The highest BCUT2D eigenvalue weighted by atomic mass is 16.2. The summed E-state index contributed by atoms with van der Waals surface area (Å²) in [5, 5.41) is 0. The van der Waals surface area contributed by atoms with E-state index >= 15 is 0 Å². The second-order valence-electron chi connectivity index (χ2n) is 4.57. The molecule has 94 valence electrons. The van der Waals surface area contributed by atoms with Crippen molar-refractivity contribution < 1.29 is 4.79 Å². The van der Waals surface area contributed by atoms with E-state index in [1.807, 2.05) is 18.9 Å². The van der Waals surface area contributed by atoms with Crippen LogP contribution in [0.4, 0.5) is 4.79 Å². The van der Waals surface area contributed by atoms with Gasteiger partial charge >= 0.3 is 6.03 Å². The van der Waals surface area contributed by atoms with Gasteiger partial charge in [0.1, 0.15) is 0 Å². The maximum atomic E-state index is 12.2. The molecule has 4 nitrogen and oxygen atoms in total. The van der Waals surface area contributed by atoms with E-state index in [0.717, 1.165) is 19.4 Å². The van der Waals surface area contributed by atoms with Crippen molar-refractivity contribution in [2.24, 2.45) is 5.73 Å². The Hall–Kier alpha value is -0.770. The van der Waals surface area contributed by atoms with Crippen LogP contribution in [0.3, 0.4) is 0 Å². The predicted molar refractivity (Wildman–Crippen MR) is 66.3 cm³/mol. The number of hydrogen-bond acceptors (Lipinski definition) is 2. The van der Waals surface area contributed by atoms with E-state index in [9.17, 15) is 4.79 Å². The zero-order chi connectivity index (χ0) is 12.0. The molecule has 0 atom stereocenters. The summed E-state index contributed by atoms with van der Waals surface area (Å²) in [6.07, 6.45) is 6.08. The van der Waals surface area contributed by atoms with Gasteiger partial charge in [-0.15, -0.1) is 0 Å². The van der Waals surface area contributed by atoms with Gasteiger partial charge < -0.3 is 15.5 Å². The molecule has 0 aromatic carbocycles. The van der Waals surface area contributed by atoms with E-state index in [1.165, 1.54) is 19.3 Å². The summed E-state index contributed by atoms with van der Waals surface area (Å²) in [6.45, 7) is 4.00. The van der Waals surface area contributed by atoms with Crippen molar-refractivity contribution in [1.29, 1.82) is 0 Å². The van der Waals surface area contributed by atoms with E-state index in [-0.39, 0.29) is 6.03 Å². The van der Waals surface area contributed by atoms with Crippen LogP contribution >= 0.6 is 0 Å². The Morgan fingerprint density at radius 3 is 2.44 bits per heavy atom. The predicted octanol–water partition coefficient (Wildman–Crippen LogP) is 1.65. The lowest BCUT2D eigenvalue weighted by molar-refractivity contribution is 0.130. The molecule has 4 heteroatoms. The number of carbonyl (C=O) groups is 1. The van der Waals surface area contributed by atoms with Crippen LogP contribution in [0.5, 0.6) is 0 Å². The third-order valence-corrected chi connectivity index (χ3v) is 3.43. The van der Waals surface area contributed by atoms with Gasteiger partial charge in [0.05, 0.1) is 0 Å². The standard InChI is InChI=1S/C12H25N3O/c1-3-14(2)12(16)15(10-9-13)11-7-5-4-6-8-11/h11H,3-10,13H2,1-2H3. The number of hydrogen-bond donors (Lipinski definition) is 1. The smallest absolute Gasteiger partial charge is 0.320 e. The molecule has 16 heavy (non-hydrogen) atoms. The average molecular weight is 227 g/mol. The largest absolute Gasteiger partial charge is 0.329 e. The molecular formula is C12H25N3O. The molecule has 0 bridgehead atoms. The minimum absolute atomic E-state index is 0.139. The van der Waals surface area contributed by atoms with E-state index in [0.29, 0.717) is 19.1 Å². The molecule has 0 aromatic rings. The molecule has 1 fully saturated rings. The molecule has 0 heterocycles. The topological polar surface area (TPSA) is 49.6 Å². The van der Waals surface area contributed by atoms with Crippen molar-refractivity contribution in [3.05, 3.63) is 0 Å². The number of nitrogens with zero attached hydrogens (tertiary/aromatic N) is 2. The fraction of sp³-hybridized carbons (Fsp3) is 0.917. The van der Waals surface area contributed by atoms with Gasteiger partial charge in [0.25, 0.3) is 0 Å². The minimum Gasteiger partial charge on any atom is -0.329 e. The van der Waals surface area contributed by atoms with Crippen LogP contribution < -0.4 is 5.73 Å². The Bertz CT molecular complexity index is 214. The molecule has 1 aliphatic rings. The van der Waals surface area contributed by atoms with Crippen molar-refractivity contribution in [1.82, 2.24) is 9.80 Å². The molecule has 0 saturated heterocycles. The van der Waals surface area contributed by atoms with Crippen LogP contribution in [0.1, 0.15) is 39.0 Å². The molecule has 1 saturated carbocycles. The molecule has 0 aliphatic heterocycles. The number of carbonyl (C=O) groups excluding carboxylic acids is 1. The van der Waals surface area contributed by atoms with Gasteiger partial charge in [0, 0.05) is 32.7 Å². The number of urea groups is 1. The Kier molecular flexibility index (Phi) is 5.60. The summed E-state index contributed by atoms with van der Waals surface area (Å²) < 4.78 is 0. The summed E-state index contributed by atoms with van der Waals surface area (Å²) in [5.74, 6) is 0. The van der Waals surface area contributed by atoms with Crippen LogP contribution in [0.25, 0.3) is 0 Å². The third kappa shape index (κ3) is 3.37. The Morgan fingerprint density at radius 1 is 1.31 bits per heavy atom. The lowest BCUT2D eigenvalue weighted by atomic mass is 9.94. The highest BCUT2D eigenvalue weighted by Gasteiger charge is 2.26. The normalized spacial score (nSPS) is 17.2. The van der Waals surface area contributed by atoms with Gasteiger partial charge in [-0.05, 0) is 19.8 Å². The van der Waals surface area contributed by atoms with Crippen molar-refractivity contribution in [2.75, 3.05) is 26.7 Å². The number of nitrogens with two attached hydrogens (primary N) is 1. The molecular weight excluding hydrogens is 202 g/mol. The Labute approximate surface area is 98.8 Å². The SMILES string of the molecule is CCN(C)C(=O)N(CCN)C1CCCCC1. The first kappa shape index (κ1) is 13.3. The second-order valence-corrected chi connectivity index (χ2v) is 4.57. The fourth-order valence-electron chi connectivity index (χ4n) is 2.32. The first-order chi connectivity index (χ1) is 7.70. The average Bonchev–Trinajstić information content (AvgIpc) is 2.35. The number of amides is 2. The lowest BCUT2D eigenvalue weighted by Crippen LogP contribution is -2.49. The van der Waals surface area contributed by atoms with Crippen LogP contribution in [0.15, 0.2) is 0 Å². The molecule has 2 amide bonds.